The highest BCUT2D eigenvalue weighted by atomic mass is 16.2. The number of anilines is 1. The van der Waals surface area contributed by atoms with Crippen molar-refractivity contribution in [1.29, 1.82) is 0 Å². The largest absolute Gasteiger partial charge is 0.339 e. The van der Waals surface area contributed by atoms with Crippen LogP contribution in [-0.2, 0) is 4.79 Å². The molecule has 2 aromatic rings. The van der Waals surface area contributed by atoms with Gasteiger partial charge in [-0.05, 0) is 12.8 Å². The average molecular weight is 259 g/mol. The quantitative estimate of drug-likeness (QED) is 0.786. The number of allylic oxidation sites excluding steroid dienone is 2. The molecule has 0 aromatic carbocycles. The first-order valence-corrected chi connectivity index (χ1v) is 6.05. The third-order valence-electron chi connectivity index (χ3n) is 3.13. The van der Waals surface area contributed by atoms with E-state index in [0.29, 0.717) is 11.2 Å². The van der Waals surface area contributed by atoms with E-state index in [9.17, 15) is 9.59 Å². The van der Waals surface area contributed by atoms with Gasteiger partial charge in [-0.2, -0.15) is 4.98 Å². The Labute approximate surface area is 108 Å². The summed E-state index contributed by atoms with van der Waals surface area (Å²) in [6, 6.07) is -0.00505. The number of imidazole rings is 1. The predicted octanol–water partition coefficient (Wildman–Crippen LogP) is 0.969. The van der Waals surface area contributed by atoms with Gasteiger partial charge in [-0.1, -0.05) is 12.2 Å². The van der Waals surface area contributed by atoms with Crippen LogP contribution >= 0.6 is 0 Å². The number of hydrogen-bond acceptors (Lipinski definition) is 4. The number of carbonyl (C=O) groups is 1. The van der Waals surface area contributed by atoms with E-state index >= 15 is 0 Å². The van der Waals surface area contributed by atoms with Gasteiger partial charge in [0.05, 0.1) is 6.33 Å². The van der Waals surface area contributed by atoms with E-state index in [-0.39, 0.29) is 23.5 Å². The van der Waals surface area contributed by atoms with E-state index in [0.717, 1.165) is 12.8 Å². The smallest absolute Gasteiger partial charge is 0.281 e. The number of nitrogens with one attached hydrogen (secondary N) is 2. The van der Waals surface area contributed by atoms with Crippen LogP contribution in [0, 0.1) is 0 Å². The van der Waals surface area contributed by atoms with E-state index < -0.39 is 0 Å². The second-order valence-electron chi connectivity index (χ2n) is 4.49. The Morgan fingerprint density at radius 1 is 1.47 bits per heavy atom. The molecule has 0 atom stereocenters. The van der Waals surface area contributed by atoms with Crippen LogP contribution in [0.3, 0.4) is 0 Å². The third-order valence-corrected chi connectivity index (χ3v) is 3.13. The van der Waals surface area contributed by atoms with Gasteiger partial charge in [0.1, 0.15) is 0 Å². The summed E-state index contributed by atoms with van der Waals surface area (Å²) in [6.07, 6.45) is 6.98. The van der Waals surface area contributed by atoms with E-state index in [1.165, 1.54) is 17.8 Å². The molecule has 2 heterocycles. The summed E-state index contributed by atoms with van der Waals surface area (Å²) in [6.45, 7) is 1.39. The third kappa shape index (κ3) is 1.92. The van der Waals surface area contributed by atoms with E-state index in [4.69, 9.17) is 0 Å². The highest BCUT2D eigenvalue weighted by molar-refractivity contribution is 5.87. The van der Waals surface area contributed by atoms with Crippen molar-refractivity contribution >= 4 is 23.0 Å². The zero-order valence-electron chi connectivity index (χ0n) is 10.4. The fourth-order valence-corrected chi connectivity index (χ4v) is 2.30. The van der Waals surface area contributed by atoms with Gasteiger partial charge in [-0.25, -0.2) is 4.98 Å². The van der Waals surface area contributed by atoms with Gasteiger partial charge < -0.3 is 4.98 Å². The molecule has 98 valence electrons. The maximum atomic E-state index is 12.5. The van der Waals surface area contributed by atoms with E-state index in [1.807, 2.05) is 12.2 Å². The summed E-state index contributed by atoms with van der Waals surface area (Å²) < 4.78 is 1.53. The predicted molar refractivity (Wildman–Crippen MR) is 69.9 cm³/mol. The Hall–Kier alpha value is -2.44. The number of fused-ring (bicyclic) bond motifs is 1. The summed E-state index contributed by atoms with van der Waals surface area (Å²) in [5, 5.41) is 2.60. The van der Waals surface area contributed by atoms with Crippen molar-refractivity contribution in [3.8, 4) is 0 Å². The Morgan fingerprint density at radius 2 is 2.21 bits per heavy atom. The Morgan fingerprint density at radius 3 is 2.89 bits per heavy atom. The Balaban J connectivity index is 2.22. The molecule has 19 heavy (non-hydrogen) atoms. The first kappa shape index (κ1) is 11.6. The molecule has 2 aromatic heterocycles. The molecule has 0 fully saturated rings. The van der Waals surface area contributed by atoms with E-state index in [2.05, 4.69) is 20.3 Å². The molecule has 0 unspecified atom stereocenters. The molecule has 0 radical (unpaired) electrons. The fraction of sp³-hybridized carbons (Fsp3) is 0.333. The van der Waals surface area contributed by atoms with Crippen LogP contribution in [0.1, 0.15) is 25.8 Å². The fourth-order valence-electron chi connectivity index (χ4n) is 2.30. The van der Waals surface area contributed by atoms with Crippen molar-refractivity contribution in [2.75, 3.05) is 5.32 Å². The molecule has 1 amide bonds. The molecular formula is C12H13N5O2. The van der Waals surface area contributed by atoms with Crippen molar-refractivity contribution in [2.24, 2.45) is 0 Å². The SMILES string of the molecule is CC(=O)Nc1nc2nc[nH]c2c(=O)n1C1CC=CC1. The van der Waals surface area contributed by atoms with Gasteiger partial charge in [0.2, 0.25) is 11.9 Å². The second-order valence-corrected chi connectivity index (χ2v) is 4.49. The number of rotatable bonds is 2. The molecular weight excluding hydrogens is 246 g/mol. The van der Waals surface area contributed by atoms with E-state index in [1.54, 1.807) is 0 Å². The maximum absolute atomic E-state index is 12.5. The lowest BCUT2D eigenvalue weighted by atomic mass is 10.2. The summed E-state index contributed by atoms with van der Waals surface area (Å²) >= 11 is 0. The summed E-state index contributed by atoms with van der Waals surface area (Å²) in [5.41, 5.74) is 0.469. The molecule has 3 rings (SSSR count). The van der Waals surface area contributed by atoms with Crippen molar-refractivity contribution in [3.63, 3.8) is 0 Å². The van der Waals surface area contributed by atoms with Crippen molar-refractivity contribution < 1.29 is 4.79 Å². The van der Waals surface area contributed by atoms with Gasteiger partial charge in [0.15, 0.2) is 11.2 Å². The molecule has 7 heteroatoms. The van der Waals surface area contributed by atoms with Gasteiger partial charge in [-0.3, -0.25) is 19.5 Å². The maximum Gasteiger partial charge on any atom is 0.281 e. The van der Waals surface area contributed by atoms with Crippen LogP contribution in [-0.4, -0.2) is 25.4 Å². The van der Waals surface area contributed by atoms with Crippen LogP contribution in [0.4, 0.5) is 5.95 Å². The lowest BCUT2D eigenvalue weighted by molar-refractivity contribution is -0.114. The minimum Gasteiger partial charge on any atom is -0.339 e. The molecule has 0 bridgehead atoms. The monoisotopic (exact) mass is 259 g/mol. The normalized spacial score (nSPS) is 15.2. The summed E-state index contributed by atoms with van der Waals surface area (Å²) in [7, 11) is 0. The lowest BCUT2D eigenvalue weighted by Gasteiger charge is -2.17. The highest BCUT2D eigenvalue weighted by Crippen LogP contribution is 2.25. The number of carbonyl (C=O) groups excluding carboxylic acids is 1. The van der Waals surface area contributed by atoms with Crippen LogP contribution in [0.25, 0.3) is 11.2 Å². The molecule has 2 N–H and O–H groups in total. The number of amides is 1. The van der Waals surface area contributed by atoms with Crippen LogP contribution < -0.4 is 10.9 Å². The molecule has 0 spiro atoms. The Kier molecular flexibility index (Phi) is 2.66. The number of aromatic nitrogens is 4. The van der Waals surface area contributed by atoms with Crippen LogP contribution in [0.15, 0.2) is 23.3 Å². The topological polar surface area (TPSA) is 92.7 Å². The first-order valence-electron chi connectivity index (χ1n) is 6.05. The van der Waals surface area contributed by atoms with Crippen LogP contribution in [0.5, 0.6) is 0 Å². The second kappa shape index (κ2) is 4.34. The minimum atomic E-state index is -0.263. The molecule has 0 saturated carbocycles. The molecule has 7 nitrogen and oxygen atoms in total. The van der Waals surface area contributed by atoms with Crippen LogP contribution in [0.2, 0.25) is 0 Å². The lowest BCUT2D eigenvalue weighted by Crippen LogP contribution is -2.29. The number of H-pyrrole nitrogens is 1. The Bertz CT molecular complexity index is 719. The minimum absolute atomic E-state index is 0.00505. The van der Waals surface area contributed by atoms with Crippen molar-refractivity contribution in [3.05, 3.63) is 28.8 Å². The molecule has 1 aliphatic rings. The van der Waals surface area contributed by atoms with Gasteiger partial charge in [0.25, 0.3) is 5.56 Å². The summed E-state index contributed by atoms with van der Waals surface area (Å²) in [4.78, 5) is 34.7. The van der Waals surface area contributed by atoms with Crippen molar-refractivity contribution in [1.82, 2.24) is 19.5 Å². The van der Waals surface area contributed by atoms with Gasteiger partial charge >= 0.3 is 0 Å². The zero-order chi connectivity index (χ0) is 13.4. The molecule has 1 aliphatic carbocycles. The van der Waals surface area contributed by atoms with Crippen molar-refractivity contribution in [2.45, 2.75) is 25.8 Å². The van der Waals surface area contributed by atoms with Gasteiger partial charge in [0, 0.05) is 13.0 Å². The molecule has 0 aliphatic heterocycles. The first-order chi connectivity index (χ1) is 9.16. The number of aromatic amines is 1. The van der Waals surface area contributed by atoms with Gasteiger partial charge in [-0.15, -0.1) is 0 Å². The zero-order valence-corrected chi connectivity index (χ0v) is 10.4. The highest BCUT2D eigenvalue weighted by Gasteiger charge is 2.21. The number of hydrogen-bond donors (Lipinski definition) is 2. The molecule has 0 saturated heterocycles. The average Bonchev–Trinajstić information content (AvgIpc) is 2.98. The number of nitrogens with zero attached hydrogens (tertiary/aromatic N) is 3. The summed E-state index contributed by atoms with van der Waals surface area (Å²) in [5.74, 6) is -0.00714. The standard InChI is InChI=1S/C12H13N5O2/c1-7(18)15-12-16-10-9(13-6-14-10)11(19)17(12)8-4-2-3-5-8/h2-3,6,8H,4-5H2,1H3,(H,13,14)(H,15,16,18).